The Kier molecular flexibility index (Phi) is 7.81. The average molecular weight is 438 g/mol. The predicted octanol–water partition coefficient (Wildman–Crippen LogP) is 3.83. The van der Waals surface area contributed by atoms with Gasteiger partial charge in [0.05, 0.1) is 5.69 Å². The van der Waals surface area contributed by atoms with Gasteiger partial charge in [-0.15, -0.1) is 0 Å². The van der Waals surface area contributed by atoms with Crippen molar-refractivity contribution >= 4 is 23.0 Å². The van der Waals surface area contributed by atoms with Gasteiger partial charge in [0.15, 0.2) is 5.65 Å². The molecule has 3 rings (SSSR count). The predicted molar refractivity (Wildman–Crippen MR) is 123 cm³/mol. The molecule has 8 heteroatoms. The molecular weight excluding hydrogens is 406 g/mol. The third-order valence-corrected chi connectivity index (χ3v) is 4.84. The number of H-pyrrole nitrogens is 1. The zero-order valence-electron chi connectivity index (χ0n) is 18.9. The molecule has 170 valence electrons. The van der Waals surface area contributed by atoms with E-state index in [1.807, 2.05) is 63.2 Å². The molecule has 2 heterocycles. The number of carbonyl (C=O) groups is 2. The number of amides is 2. The number of nitrogens with one attached hydrogen (secondary N) is 2. The molecule has 2 amide bonds. The SMILES string of the molecule is CC(C)(C)OC(=O)NCCN(Cc1ccccc1)C(=O)CCCc1n[nH]c2ncccc12. The number of ether oxygens (including phenoxy) is 1. The largest absolute Gasteiger partial charge is 0.444 e. The first-order valence-electron chi connectivity index (χ1n) is 10.9. The molecule has 0 bridgehead atoms. The molecule has 0 aliphatic heterocycles. The Morgan fingerprint density at radius 3 is 2.66 bits per heavy atom. The minimum absolute atomic E-state index is 0.0396. The van der Waals surface area contributed by atoms with Crippen LogP contribution in [0.1, 0.15) is 44.9 Å². The van der Waals surface area contributed by atoms with Gasteiger partial charge in [0.1, 0.15) is 5.60 Å². The molecule has 0 spiro atoms. The lowest BCUT2D eigenvalue weighted by molar-refractivity contribution is -0.131. The third-order valence-electron chi connectivity index (χ3n) is 4.84. The molecule has 0 fully saturated rings. The lowest BCUT2D eigenvalue weighted by atomic mass is 10.1. The monoisotopic (exact) mass is 437 g/mol. The van der Waals surface area contributed by atoms with Crippen LogP contribution < -0.4 is 5.32 Å². The molecule has 1 aromatic carbocycles. The van der Waals surface area contributed by atoms with E-state index < -0.39 is 11.7 Å². The second kappa shape index (κ2) is 10.7. The van der Waals surface area contributed by atoms with Gasteiger partial charge < -0.3 is 15.0 Å². The van der Waals surface area contributed by atoms with Crippen molar-refractivity contribution in [2.24, 2.45) is 0 Å². The number of aryl methyl sites for hydroxylation is 1. The van der Waals surface area contributed by atoms with Crippen molar-refractivity contribution in [3.63, 3.8) is 0 Å². The van der Waals surface area contributed by atoms with E-state index in [4.69, 9.17) is 4.74 Å². The second-order valence-electron chi connectivity index (χ2n) is 8.65. The number of alkyl carbamates (subject to hydrolysis) is 1. The van der Waals surface area contributed by atoms with Crippen molar-refractivity contribution < 1.29 is 14.3 Å². The fourth-order valence-electron chi connectivity index (χ4n) is 3.37. The number of carbonyl (C=O) groups excluding carboxylic acids is 2. The number of aromatic amines is 1. The fraction of sp³-hybridized carbons (Fsp3) is 0.417. The van der Waals surface area contributed by atoms with E-state index in [1.54, 1.807) is 11.1 Å². The van der Waals surface area contributed by atoms with Crippen LogP contribution >= 0.6 is 0 Å². The zero-order chi connectivity index (χ0) is 23.0. The first-order chi connectivity index (χ1) is 15.3. The third kappa shape index (κ3) is 7.08. The molecule has 0 aliphatic carbocycles. The molecule has 8 nitrogen and oxygen atoms in total. The summed E-state index contributed by atoms with van der Waals surface area (Å²) in [5.74, 6) is 0.0396. The highest BCUT2D eigenvalue weighted by Gasteiger charge is 2.18. The van der Waals surface area contributed by atoms with Gasteiger partial charge in [-0.05, 0) is 51.3 Å². The van der Waals surface area contributed by atoms with E-state index in [0.717, 1.165) is 22.3 Å². The maximum absolute atomic E-state index is 13.0. The molecule has 0 saturated carbocycles. The van der Waals surface area contributed by atoms with Crippen molar-refractivity contribution in [2.45, 2.75) is 52.2 Å². The lowest BCUT2D eigenvalue weighted by Crippen LogP contribution is -2.40. The van der Waals surface area contributed by atoms with Gasteiger partial charge in [0.25, 0.3) is 0 Å². The number of hydrogen-bond acceptors (Lipinski definition) is 5. The fourth-order valence-corrected chi connectivity index (χ4v) is 3.37. The first kappa shape index (κ1) is 23.2. The Bertz CT molecular complexity index is 1030. The first-order valence-corrected chi connectivity index (χ1v) is 10.9. The smallest absolute Gasteiger partial charge is 0.407 e. The Hall–Kier alpha value is -3.42. The van der Waals surface area contributed by atoms with Crippen LogP contribution in [0.3, 0.4) is 0 Å². The van der Waals surface area contributed by atoms with Crippen LogP contribution in [0.15, 0.2) is 48.7 Å². The molecule has 0 aliphatic rings. The molecule has 2 aromatic heterocycles. The average Bonchev–Trinajstić information content (AvgIpc) is 3.15. The summed E-state index contributed by atoms with van der Waals surface area (Å²) in [4.78, 5) is 30.9. The quantitative estimate of drug-likeness (QED) is 0.530. The molecule has 0 atom stereocenters. The topological polar surface area (TPSA) is 100 Å². The number of benzene rings is 1. The van der Waals surface area contributed by atoms with Gasteiger partial charge in [-0.1, -0.05) is 30.3 Å². The molecule has 0 unspecified atom stereocenters. The van der Waals surface area contributed by atoms with Crippen molar-refractivity contribution in [1.29, 1.82) is 0 Å². The summed E-state index contributed by atoms with van der Waals surface area (Å²) in [7, 11) is 0. The molecular formula is C24H31N5O3. The van der Waals surface area contributed by atoms with Gasteiger partial charge >= 0.3 is 6.09 Å². The highest BCUT2D eigenvalue weighted by molar-refractivity contribution is 5.78. The van der Waals surface area contributed by atoms with E-state index in [2.05, 4.69) is 20.5 Å². The number of nitrogens with zero attached hydrogens (tertiary/aromatic N) is 3. The van der Waals surface area contributed by atoms with E-state index in [-0.39, 0.29) is 5.91 Å². The van der Waals surface area contributed by atoms with E-state index >= 15 is 0 Å². The number of rotatable bonds is 9. The Labute approximate surface area is 188 Å². The van der Waals surface area contributed by atoms with E-state index in [0.29, 0.717) is 38.9 Å². The number of aromatic nitrogens is 3. The van der Waals surface area contributed by atoms with Gasteiger partial charge in [-0.25, -0.2) is 9.78 Å². The van der Waals surface area contributed by atoms with Crippen molar-refractivity contribution in [1.82, 2.24) is 25.4 Å². The molecule has 3 aromatic rings. The minimum atomic E-state index is -0.560. The Morgan fingerprint density at radius 2 is 1.91 bits per heavy atom. The minimum Gasteiger partial charge on any atom is -0.444 e. The summed E-state index contributed by atoms with van der Waals surface area (Å²) in [5, 5.41) is 11.0. The highest BCUT2D eigenvalue weighted by Crippen LogP contribution is 2.16. The number of hydrogen-bond donors (Lipinski definition) is 2. The number of fused-ring (bicyclic) bond motifs is 1. The summed E-state index contributed by atoms with van der Waals surface area (Å²) in [6, 6.07) is 13.7. The molecule has 2 N–H and O–H groups in total. The van der Waals surface area contributed by atoms with Crippen LogP contribution in [-0.2, 0) is 22.5 Å². The van der Waals surface area contributed by atoms with Crippen molar-refractivity contribution in [3.05, 3.63) is 59.9 Å². The molecule has 0 radical (unpaired) electrons. The summed E-state index contributed by atoms with van der Waals surface area (Å²) >= 11 is 0. The van der Waals surface area contributed by atoms with Gasteiger partial charge in [-0.3, -0.25) is 9.89 Å². The summed E-state index contributed by atoms with van der Waals surface area (Å²) in [5.41, 5.74) is 2.16. The maximum Gasteiger partial charge on any atom is 0.407 e. The van der Waals surface area contributed by atoms with Crippen LogP contribution in [-0.4, -0.2) is 50.8 Å². The van der Waals surface area contributed by atoms with E-state index in [9.17, 15) is 9.59 Å². The highest BCUT2D eigenvalue weighted by atomic mass is 16.6. The number of pyridine rings is 1. The van der Waals surface area contributed by atoms with Crippen LogP contribution in [0.25, 0.3) is 11.0 Å². The summed E-state index contributed by atoms with van der Waals surface area (Å²) < 4.78 is 5.27. The van der Waals surface area contributed by atoms with E-state index in [1.165, 1.54) is 0 Å². The van der Waals surface area contributed by atoms with Gasteiger partial charge in [0, 0.05) is 37.6 Å². The normalized spacial score (nSPS) is 11.3. The summed E-state index contributed by atoms with van der Waals surface area (Å²) in [6.45, 7) is 6.67. The van der Waals surface area contributed by atoms with Crippen molar-refractivity contribution in [3.8, 4) is 0 Å². The van der Waals surface area contributed by atoms with Gasteiger partial charge in [0.2, 0.25) is 5.91 Å². The molecule has 0 saturated heterocycles. The van der Waals surface area contributed by atoms with Crippen molar-refractivity contribution in [2.75, 3.05) is 13.1 Å². The Morgan fingerprint density at radius 1 is 1.12 bits per heavy atom. The summed E-state index contributed by atoms with van der Waals surface area (Å²) in [6.07, 6.45) is 3.00. The molecule has 32 heavy (non-hydrogen) atoms. The second-order valence-corrected chi connectivity index (χ2v) is 8.65. The van der Waals surface area contributed by atoms with Gasteiger partial charge in [-0.2, -0.15) is 5.10 Å². The Balaban J connectivity index is 1.55. The standard InChI is InChI=1S/C24H31N5O3/c1-24(2,3)32-23(31)26-15-16-29(17-18-9-5-4-6-10-18)21(30)13-7-12-20-19-11-8-14-25-22(19)28-27-20/h4-6,8-11,14H,7,12-13,15-17H2,1-3H3,(H,26,31)(H,25,27,28). The zero-order valence-corrected chi connectivity index (χ0v) is 18.9. The maximum atomic E-state index is 13.0. The van der Waals surface area contributed by atoms with Crippen LogP contribution in [0.2, 0.25) is 0 Å². The lowest BCUT2D eigenvalue weighted by Gasteiger charge is -2.24. The van der Waals surface area contributed by atoms with Crippen LogP contribution in [0.5, 0.6) is 0 Å². The van der Waals surface area contributed by atoms with Crippen LogP contribution in [0, 0.1) is 0 Å². The van der Waals surface area contributed by atoms with Crippen LogP contribution in [0.4, 0.5) is 4.79 Å².